The summed E-state index contributed by atoms with van der Waals surface area (Å²) < 4.78 is 40.5. The summed E-state index contributed by atoms with van der Waals surface area (Å²) >= 11 is 0. The predicted molar refractivity (Wildman–Crippen MR) is 124 cm³/mol. The Balaban J connectivity index is 0.00000385. The van der Waals surface area contributed by atoms with Crippen LogP contribution in [0.5, 0.6) is 11.5 Å². The molecule has 0 aliphatic rings. The lowest BCUT2D eigenvalue weighted by molar-refractivity contribution is -0.133. The van der Waals surface area contributed by atoms with Gasteiger partial charge in [0, 0.05) is 30.8 Å². The number of ether oxygens (including phenoxy) is 2. The van der Waals surface area contributed by atoms with Gasteiger partial charge in [-0.25, -0.2) is 8.78 Å². The molecular formula is C24H24ClF2N3O3. The van der Waals surface area contributed by atoms with Gasteiger partial charge in [-0.15, -0.1) is 12.4 Å². The Hall–Kier alpha value is -3.49. The fourth-order valence-corrected chi connectivity index (χ4v) is 3.04. The molecule has 174 valence electrons. The van der Waals surface area contributed by atoms with Crippen molar-refractivity contribution in [3.8, 4) is 11.5 Å². The molecule has 3 rings (SSSR count). The molecule has 0 radical (unpaired) electrons. The molecule has 0 spiro atoms. The smallest absolute Gasteiger partial charge is 0.254 e. The van der Waals surface area contributed by atoms with Crippen LogP contribution in [-0.2, 0) is 16.1 Å². The van der Waals surface area contributed by atoms with Crippen molar-refractivity contribution in [1.29, 1.82) is 5.41 Å². The lowest BCUT2D eigenvalue weighted by Crippen LogP contribution is -2.31. The SMILES string of the molecule is CCOC(C(=O)NCc1ccc(C(=N)N)cc1)c1c(F)cc(Oc2ccccc2)cc1F.Cl. The van der Waals surface area contributed by atoms with Gasteiger partial charge in [0.05, 0.1) is 5.56 Å². The van der Waals surface area contributed by atoms with E-state index in [1.54, 1.807) is 61.5 Å². The predicted octanol–water partition coefficient (Wildman–Crippen LogP) is 4.86. The van der Waals surface area contributed by atoms with Gasteiger partial charge < -0.3 is 20.5 Å². The Morgan fingerprint density at radius 1 is 1.03 bits per heavy atom. The lowest BCUT2D eigenvalue weighted by Gasteiger charge is -2.19. The van der Waals surface area contributed by atoms with Gasteiger partial charge in [0.2, 0.25) is 0 Å². The zero-order valence-corrected chi connectivity index (χ0v) is 18.6. The van der Waals surface area contributed by atoms with E-state index in [2.05, 4.69) is 5.32 Å². The van der Waals surface area contributed by atoms with E-state index >= 15 is 0 Å². The van der Waals surface area contributed by atoms with Crippen LogP contribution >= 0.6 is 12.4 Å². The zero-order valence-electron chi connectivity index (χ0n) is 17.8. The molecule has 0 fully saturated rings. The highest BCUT2D eigenvalue weighted by Gasteiger charge is 2.28. The molecule has 1 amide bonds. The first kappa shape index (κ1) is 25.8. The van der Waals surface area contributed by atoms with Crippen LogP contribution in [0.25, 0.3) is 0 Å². The van der Waals surface area contributed by atoms with Crippen LogP contribution in [0.1, 0.15) is 29.7 Å². The Labute approximate surface area is 196 Å². The maximum absolute atomic E-state index is 14.8. The molecule has 0 aromatic heterocycles. The number of halogens is 3. The van der Waals surface area contributed by atoms with Crippen molar-refractivity contribution in [3.05, 3.63) is 95.1 Å². The Kier molecular flexibility index (Phi) is 9.32. The number of hydrogen-bond donors (Lipinski definition) is 3. The van der Waals surface area contributed by atoms with Crippen molar-refractivity contribution in [2.75, 3.05) is 6.61 Å². The summed E-state index contributed by atoms with van der Waals surface area (Å²) in [7, 11) is 0. The molecule has 9 heteroatoms. The maximum Gasteiger partial charge on any atom is 0.254 e. The molecule has 0 saturated carbocycles. The van der Waals surface area contributed by atoms with Gasteiger partial charge in [-0.3, -0.25) is 10.2 Å². The van der Waals surface area contributed by atoms with Crippen LogP contribution in [-0.4, -0.2) is 18.3 Å². The summed E-state index contributed by atoms with van der Waals surface area (Å²) in [6, 6.07) is 17.3. The molecule has 0 bridgehead atoms. The highest BCUT2D eigenvalue weighted by Crippen LogP contribution is 2.30. The van der Waals surface area contributed by atoms with Crippen molar-refractivity contribution >= 4 is 24.1 Å². The average Bonchev–Trinajstić information content (AvgIpc) is 2.77. The third-order valence-corrected chi connectivity index (χ3v) is 4.60. The molecule has 0 aliphatic carbocycles. The van der Waals surface area contributed by atoms with Gasteiger partial charge in [-0.2, -0.15) is 0 Å². The summed E-state index contributed by atoms with van der Waals surface area (Å²) in [5.74, 6) is -2.25. The van der Waals surface area contributed by atoms with Crippen LogP contribution in [0.3, 0.4) is 0 Å². The normalized spacial score (nSPS) is 11.2. The van der Waals surface area contributed by atoms with Gasteiger partial charge in [0.15, 0.2) is 6.10 Å². The topological polar surface area (TPSA) is 97.4 Å². The summed E-state index contributed by atoms with van der Waals surface area (Å²) in [5.41, 5.74) is 6.21. The van der Waals surface area contributed by atoms with E-state index in [9.17, 15) is 13.6 Å². The molecule has 3 aromatic carbocycles. The van der Waals surface area contributed by atoms with Gasteiger partial charge in [-0.05, 0) is 24.6 Å². The van der Waals surface area contributed by atoms with E-state index in [1.807, 2.05) is 0 Å². The van der Waals surface area contributed by atoms with Crippen molar-refractivity contribution in [2.24, 2.45) is 5.73 Å². The number of nitrogen functional groups attached to an aromatic ring is 1. The van der Waals surface area contributed by atoms with Gasteiger partial charge in [-0.1, -0.05) is 42.5 Å². The van der Waals surface area contributed by atoms with Crippen LogP contribution in [0.15, 0.2) is 66.7 Å². The van der Waals surface area contributed by atoms with Crippen molar-refractivity contribution < 1.29 is 23.0 Å². The van der Waals surface area contributed by atoms with Crippen molar-refractivity contribution in [1.82, 2.24) is 5.32 Å². The minimum atomic E-state index is -1.47. The second-order valence-corrected chi connectivity index (χ2v) is 6.88. The minimum Gasteiger partial charge on any atom is -0.457 e. The largest absolute Gasteiger partial charge is 0.457 e. The maximum atomic E-state index is 14.8. The van der Waals surface area contributed by atoms with E-state index in [1.165, 1.54) is 0 Å². The van der Waals surface area contributed by atoms with Gasteiger partial charge in [0.25, 0.3) is 5.91 Å². The zero-order chi connectivity index (χ0) is 23.1. The van der Waals surface area contributed by atoms with E-state index in [-0.39, 0.29) is 37.1 Å². The summed E-state index contributed by atoms with van der Waals surface area (Å²) in [6.07, 6.45) is -1.47. The van der Waals surface area contributed by atoms with Crippen LogP contribution in [0.4, 0.5) is 8.78 Å². The van der Waals surface area contributed by atoms with Crippen molar-refractivity contribution in [2.45, 2.75) is 19.6 Å². The lowest BCUT2D eigenvalue weighted by atomic mass is 10.1. The summed E-state index contributed by atoms with van der Waals surface area (Å²) in [4.78, 5) is 12.7. The summed E-state index contributed by atoms with van der Waals surface area (Å²) in [6.45, 7) is 1.81. The monoisotopic (exact) mass is 475 g/mol. The molecule has 33 heavy (non-hydrogen) atoms. The first-order valence-corrected chi connectivity index (χ1v) is 9.93. The third-order valence-electron chi connectivity index (χ3n) is 4.60. The number of carbonyl (C=O) groups is 1. The fraction of sp³-hybridized carbons (Fsp3) is 0.167. The number of amides is 1. The number of nitrogens with two attached hydrogens (primary N) is 1. The first-order valence-electron chi connectivity index (χ1n) is 9.93. The number of para-hydroxylation sites is 1. The fourth-order valence-electron chi connectivity index (χ4n) is 3.04. The quantitative estimate of drug-likeness (QED) is 0.304. The number of rotatable bonds is 9. The molecule has 1 unspecified atom stereocenters. The molecule has 0 aliphatic heterocycles. The second-order valence-electron chi connectivity index (χ2n) is 6.88. The Morgan fingerprint density at radius 3 is 2.18 bits per heavy atom. The van der Waals surface area contributed by atoms with Crippen LogP contribution in [0.2, 0.25) is 0 Å². The van der Waals surface area contributed by atoms with E-state index in [0.29, 0.717) is 11.3 Å². The van der Waals surface area contributed by atoms with Gasteiger partial charge in [0.1, 0.15) is 29.0 Å². The summed E-state index contributed by atoms with van der Waals surface area (Å²) in [5, 5.41) is 10.0. The number of hydrogen-bond acceptors (Lipinski definition) is 4. The number of carbonyl (C=O) groups excluding carboxylic acids is 1. The van der Waals surface area contributed by atoms with E-state index < -0.39 is 29.2 Å². The molecule has 3 aromatic rings. The third kappa shape index (κ3) is 6.74. The van der Waals surface area contributed by atoms with E-state index in [4.69, 9.17) is 20.6 Å². The Bertz CT molecular complexity index is 1070. The first-order chi connectivity index (χ1) is 15.4. The molecule has 0 saturated heterocycles. The molecule has 6 nitrogen and oxygen atoms in total. The number of nitrogens with one attached hydrogen (secondary N) is 2. The highest BCUT2D eigenvalue weighted by atomic mass is 35.5. The van der Waals surface area contributed by atoms with E-state index in [0.717, 1.165) is 17.7 Å². The van der Waals surface area contributed by atoms with Crippen LogP contribution < -0.4 is 15.8 Å². The number of benzene rings is 3. The number of amidine groups is 1. The molecular weight excluding hydrogens is 452 g/mol. The van der Waals surface area contributed by atoms with Crippen LogP contribution in [0, 0.1) is 17.0 Å². The second kappa shape index (κ2) is 11.9. The average molecular weight is 476 g/mol. The molecule has 1 atom stereocenters. The molecule has 4 N–H and O–H groups in total. The van der Waals surface area contributed by atoms with Crippen molar-refractivity contribution in [3.63, 3.8) is 0 Å². The minimum absolute atomic E-state index is 0. The Morgan fingerprint density at radius 2 is 1.64 bits per heavy atom. The molecule has 0 heterocycles. The standard InChI is InChI=1S/C24H23F2N3O3.ClH/c1-2-31-22(24(30)29-14-15-8-10-16(11-9-15)23(27)28)21-19(25)12-18(13-20(21)26)32-17-6-4-3-5-7-17;/h3-13,22H,2,14H2,1H3,(H3,27,28)(H,29,30);1H. The van der Waals surface area contributed by atoms with Gasteiger partial charge >= 0.3 is 0 Å². The highest BCUT2D eigenvalue weighted by molar-refractivity contribution is 5.94.